The number of benzene rings is 1. The Labute approximate surface area is 113 Å². The molecule has 102 valence electrons. The average Bonchev–Trinajstić information content (AvgIpc) is 2.68. The summed E-state index contributed by atoms with van der Waals surface area (Å²) in [6.45, 7) is 2.80. The molecule has 0 saturated carbocycles. The van der Waals surface area contributed by atoms with Crippen LogP contribution in [0.1, 0.15) is 13.3 Å². The van der Waals surface area contributed by atoms with E-state index in [9.17, 15) is 4.79 Å². The Balaban J connectivity index is 1.81. The normalized spacial score (nSPS) is 14.6. The molecule has 0 fully saturated rings. The highest BCUT2D eigenvalue weighted by molar-refractivity contribution is 6.03. The zero-order chi connectivity index (χ0) is 13.8. The van der Waals surface area contributed by atoms with Crippen LogP contribution in [-0.4, -0.2) is 43.9 Å². The van der Waals surface area contributed by atoms with E-state index in [0.29, 0.717) is 19.6 Å². The molecule has 1 aromatic carbocycles. The van der Waals surface area contributed by atoms with Crippen molar-refractivity contribution in [3.8, 4) is 5.75 Å². The van der Waals surface area contributed by atoms with Gasteiger partial charge in [0.15, 0.2) is 0 Å². The van der Waals surface area contributed by atoms with Gasteiger partial charge >= 0.3 is 0 Å². The molecule has 1 aromatic rings. The van der Waals surface area contributed by atoms with Crippen LogP contribution >= 0.6 is 0 Å². The van der Waals surface area contributed by atoms with E-state index in [4.69, 9.17) is 4.74 Å². The van der Waals surface area contributed by atoms with Gasteiger partial charge in [-0.05, 0) is 31.2 Å². The van der Waals surface area contributed by atoms with E-state index >= 15 is 0 Å². The first-order chi connectivity index (χ1) is 9.06. The quantitative estimate of drug-likeness (QED) is 0.811. The highest BCUT2D eigenvalue weighted by Crippen LogP contribution is 2.17. The predicted molar refractivity (Wildman–Crippen MR) is 75.7 cm³/mol. The monoisotopic (exact) mass is 261 g/mol. The maximum absolute atomic E-state index is 11.5. The minimum atomic E-state index is 0.0454. The zero-order valence-corrected chi connectivity index (χ0v) is 11.6. The third kappa shape index (κ3) is 3.47. The zero-order valence-electron chi connectivity index (χ0n) is 11.6. The number of ether oxygens (including phenoxy) is 1. The molecular formula is C14H19N3O2. The van der Waals surface area contributed by atoms with Gasteiger partial charge in [0.2, 0.25) is 5.91 Å². The summed E-state index contributed by atoms with van der Waals surface area (Å²) in [7, 11) is 3.99. The molecule has 19 heavy (non-hydrogen) atoms. The summed E-state index contributed by atoms with van der Waals surface area (Å²) in [6.07, 6.45) is 0.428. The topological polar surface area (TPSA) is 45.1 Å². The first-order valence-corrected chi connectivity index (χ1v) is 6.31. The molecule has 1 aliphatic rings. The molecule has 1 amide bonds. The molecule has 1 heterocycles. The van der Waals surface area contributed by atoms with Crippen molar-refractivity contribution in [2.75, 3.05) is 32.1 Å². The molecule has 0 bridgehead atoms. The second kappa shape index (κ2) is 5.73. The predicted octanol–water partition coefficient (Wildman–Crippen LogP) is 1.74. The van der Waals surface area contributed by atoms with E-state index in [2.05, 4.69) is 5.10 Å². The third-order valence-corrected chi connectivity index (χ3v) is 2.91. The van der Waals surface area contributed by atoms with Crippen molar-refractivity contribution in [2.45, 2.75) is 13.3 Å². The molecule has 2 rings (SSSR count). The Hall–Kier alpha value is -2.04. The number of hydrogen-bond acceptors (Lipinski definition) is 4. The van der Waals surface area contributed by atoms with E-state index in [-0.39, 0.29) is 5.91 Å². The fourth-order valence-corrected chi connectivity index (χ4v) is 1.87. The molecule has 0 unspecified atom stereocenters. The summed E-state index contributed by atoms with van der Waals surface area (Å²) >= 11 is 0. The van der Waals surface area contributed by atoms with Crippen LogP contribution in [0.25, 0.3) is 0 Å². The fraction of sp³-hybridized carbons (Fsp3) is 0.429. The van der Waals surface area contributed by atoms with E-state index in [1.54, 1.807) is 0 Å². The third-order valence-electron chi connectivity index (χ3n) is 2.91. The Morgan fingerprint density at radius 1 is 1.32 bits per heavy atom. The van der Waals surface area contributed by atoms with Crippen LogP contribution in [0, 0.1) is 0 Å². The van der Waals surface area contributed by atoms with Crippen molar-refractivity contribution in [1.29, 1.82) is 0 Å². The van der Waals surface area contributed by atoms with Gasteiger partial charge in [0.1, 0.15) is 12.4 Å². The lowest BCUT2D eigenvalue weighted by atomic mass is 10.3. The van der Waals surface area contributed by atoms with Crippen molar-refractivity contribution in [2.24, 2.45) is 5.10 Å². The van der Waals surface area contributed by atoms with Crippen LogP contribution in [0.2, 0.25) is 0 Å². The lowest BCUT2D eigenvalue weighted by molar-refractivity contribution is -0.129. The Kier molecular flexibility index (Phi) is 4.04. The first-order valence-electron chi connectivity index (χ1n) is 6.31. The summed E-state index contributed by atoms with van der Waals surface area (Å²) in [4.78, 5) is 13.5. The van der Waals surface area contributed by atoms with Crippen LogP contribution in [-0.2, 0) is 4.79 Å². The number of carbonyl (C=O) groups excluding carboxylic acids is 1. The summed E-state index contributed by atoms with van der Waals surface area (Å²) in [5.41, 5.74) is 1.99. The molecule has 1 aliphatic heterocycles. The molecule has 0 saturated heterocycles. The minimum absolute atomic E-state index is 0.0454. The van der Waals surface area contributed by atoms with Gasteiger partial charge in [0.25, 0.3) is 0 Å². The van der Waals surface area contributed by atoms with Crippen molar-refractivity contribution >= 4 is 17.3 Å². The molecular weight excluding hydrogens is 242 g/mol. The van der Waals surface area contributed by atoms with Gasteiger partial charge in [-0.3, -0.25) is 4.79 Å². The Morgan fingerprint density at radius 3 is 2.53 bits per heavy atom. The van der Waals surface area contributed by atoms with Gasteiger partial charge < -0.3 is 9.64 Å². The number of hydrogen-bond donors (Lipinski definition) is 0. The van der Waals surface area contributed by atoms with Crippen LogP contribution in [0.4, 0.5) is 5.69 Å². The van der Waals surface area contributed by atoms with E-state index in [0.717, 1.165) is 17.1 Å². The van der Waals surface area contributed by atoms with Crippen LogP contribution in [0.3, 0.4) is 0 Å². The molecule has 0 aromatic heterocycles. The summed E-state index contributed by atoms with van der Waals surface area (Å²) in [6, 6.07) is 7.85. The van der Waals surface area contributed by atoms with Gasteiger partial charge in [-0.2, -0.15) is 5.10 Å². The molecule has 5 nitrogen and oxygen atoms in total. The molecule has 0 N–H and O–H groups in total. The van der Waals surface area contributed by atoms with Crippen LogP contribution in [0.5, 0.6) is 5.75 Å². The van der Waals surface area contributed by atoms with Crippen molar-refractivity contribution in [3.63, 3.8) is 0 Å². The number of rotatable bonds is 5. The molecule has 0 spiro atoms. The van der Waals surface area contributed by atoms with Crippen molar-refractivity contribution < 1.29 is 9.53 Å². The SMILES string of the molecule is CC1=NN(CCOc2ccc(N(C)C)cc2)C(=O)C1. The number of hydrazone groups is 1. The second-order valence-electron chi connectivity index (χ2n) is 4.77. The standard InChI is InChI=1S/C14H19N3O2/c1-11-10-14(18)17(15-11)8-9-19-13-6-4-12(5-7-13)16(2)3/h4-7H,8-10H2,1-3H3. The smallest absolute Gasteiger partial charge is 0.248 e. The Bertz CT molecular complexity index is 480. The fourth-order valence-electron chi connectivity index (χ4n) is 1.87. The van der Waals surface area contributed by atoms with Gasteiger partial charge in [0.05, 0.1) is 13.0 Å². The van der Waals surface area contributed by atoms with E-state index in [1.807, 2.05) is 50.2 Å². The maximum Gasteiger partial charge on any atom is 0.248 e. The first kappa shape index (κ1) is 13.4. The molecule has 0 aliphatic carbocycles. The van der Waals surface area contributed by atoms with Crippen LogP contribution < -0.4 is 9.64 Å². The number of amides is 1. The molecule has 5 heteroatoms. The number of anilines is 1. The lowest BCUT2D eigenvalue weighted by Gasteiger charge is -2.14. The van der Waals surface area contributed by atoms with Crippen molar-refractivity contribution in [3.05, 3.63) is 24.3 Å². The van der Waals surface area contributed by atoms with Gasteiger partial charge in [-0.25, -0.2) is 5.01 Å². The largest absolute Gasteiger partial charge is 0.492 e. The number of nitrogens with zero attached hydrogens (tertiary/aromatic N) is 3. The van der Waals surface area contributed by atoms with Gasteiger partial charge in [0, 0.05) is 25.5 Å². The summed E-state index contributed by atoms with van der Waals surface area (Å²) in [5.74, 6) is 0.849. The average molecular weight is 261 g/mol. The number of carbonyl (C=O) groups is 1. The van der Waals surface area contributed by atoms with E-state index in [1.165, 1.54) is 5.01 Å². The highest BCUT2D eigenvalue weighted by Gasteiger charge is 2.20. The van der Waals surface area contributed by atoms with Crippen LogP contribution in [0.15, 0.2) is 29.4 Å². The minimum Gasteiger partial charge on any atom is -0.492 e. The Morgan fingerprint density at radius 2 is 2.00 bits per heavy atom. The summed E-state index contributed by atoms with van der Waals surface area (Å²) < 4.78 is 5.60. The van der Waals surface area contributed by atoms with E-state index < -0.39 is 0 Å². The van der Waals surface area contributed by atoms with Crippen molar-refractivity contribution in [1.82, 2.24) is 5.01 Å². The summed E-state index contributed by atoms with van der Waals surface area (Å²) in [5, 5.41) is 5.63. The second-order valence-corrected chi connectivity index (χ2v) is 4.77. The van der Waals surface area contributed by atoms with Gasteiger partial charge in [-0.15, -0.1) is 0 Å². The molecule has 0 atom stereocenters. The highest BCUT2D eigenvalue weighted by atomic mass is 16.5. The van der Waals surface area contributed by atoms with Gasteiger partial charge in [-0.1, -0.05) is 0 Å². The molecule has 0 radical (unpaired) electrons. The maximum atomic E-state index is 11.5. The lowest BCUT2D eigenvalue weighted by Crippen LogP contribution is -2.26.